The number of hydrogen-bond acceptors (Lipinski definition) is 5. The van der Waals surface area contributed by atoms with Gasteiger partial charge in [0.2, 0.25) is 5.91 Å². The maximum atomic E-state index is 13.5. The van der Waals surface area contributed by atoms with Crippen LogP contribution in [0.5, 0.6) is 5.75 Å². The maximum absolute atomic E-state index is 13.5. The summed E-state index contributed by atoms with van der Waals surface area (Å²) >= 11 is 0. The maximum Gasteiger partial charge on any atom is 0.332 e. The number of methoxy groups -OCH3 is 1. The van der Waals surface area contributed by atoms with E-state index in [1.807, 2.05) is 24.3 Å². The number of fused-ring (bicyclic) bond motifs is 3. The van der Waals surface area contributed by atoms with Crippen molar-refractivity contribution in [2.24, 2.45) is 17.3 Å². The Kier molecular flexibility index (Phi) is 4.21. The summed E-state index contributed by atoms with van der Waals surface area (Å²) in [4.78, 5) is 40.0. The number of hydrogen-bond donors (Lipinski definition) is 1. The molecule has 0 aromatic heterocycles. The average Bonchev–Trinajstić information content (AvgIpc) is 3.22. The van der Waals surface area contributed by atoms with Gasteiger partial charge < -0.3 is 19.7 Å². The molecule has 3 saturated carbocycles. The Hall–Kier alpha value is -2.83. The van der Waals surface area contributed by atoms with Crippen LogP contribution in [0, 0.1) is 17.3 Å². The minimum atomic E-state index is -0.778. The summed E-state index contributed by atoms with van der Waals surface area (Å²) < 4.78 is 11.3. The van der Waals surface area contributed by atoms with Crippen molar-refractivity contribution in [3.05, 3.63) is 42.0 Å². The van der Waals surface area contributed by atoms with Crippen LogP contribution >= 0.6 is 0 Å². The van der Waals surface area contributed by atoms with Crippen LogP contribution in [-0.2, 0) is 14.3 Å². The molecule has 3 aliphatic carbocycles. The second kappa shape index (κ2) is 6.59. The second-order valence-electron chi connectivity index (χ2n) is 9.18. The summed E-state index contributed by atoms with van der Waals surface area (Å²) in [7, 11) is 1.34. The first kappa shape index (κ1) is 19.2. The summed E-state index contributed by atoms with van der Waals surface area (Å²) in [6, 6.07) is 6.64. The van der Waals surface area contributed by atoms with E-state index in [-0.39, 0.29) is 29.1 Å². The van der Waals surface area contributed by atoms with Gasteiger partial charge >= 0.3 is 5.97 Å². The van der Waals surface area contributed by atoms with Crippen molar-refractivity contribution in [3.8, 4) is 5.75 Å². The van der Waals surface area contributed by atoms with E-state index in [0.29, 0.717) is 30.7 Å². The quantitative estimate of drug-likeness (QED) is 0.597. The molecule has 2 amide bonds. The first-order valence-electron chi connectivity index (χ1n) is 10.5. The average molecular weight is 410 g/mol. The van der Waals surface area contributed by atoms with Crippen molar-refractivity contribution in [1.29, 1.82) is 0 Å². The first-order chi connectivity index (χ1) is 14.4. The molecule has 5 atom stereocenters. The molecule has 0 radical (unpaired) electrons. The number of ether oxygens (including phenoxy) is 2. The highest BCUT2D eigenvalue weighted by Gasteiger charge is 2.62. The van der Waals surface area contributed by atoms with Crippen LogP contribution in [0.2, 0.25) is 0 Å². The smallest absolute Gasteiger partial charge is 0.332 e. The molecule has 30 heavy (non-hydrogen) atoms. The summed E-state index contributed by atoms with van der Waals surface area (Å²) in [5.74, 6) is -0.122. The molecule has 2 heterocycles. The summed E-state index contributed by atoms with van der Waals surface area (Å²) in [5.41, 5.74) is -0.555. The van der Waals surface area contributed by atoms with Gasteiger partial charge in [0.05, 0.1) is 12.7 Å². The van der Waals surface area contributed by atoms with E-state index in [9.17, 15) is 14.4 Å². The highest BCUT2D eigenvalue weighted by Crippen LogP contribution is 2.59. The van der Waals surface area contributed by atoms with Crippen molar-refractivity contribution in [2.75, 3.05) is 13.7 Å². The van der Waals surface area contributed by atoms with Gasteiger partial charge in [-0.25, -0.2) is 4.79 Å². The van der Waals surface area contributed by atoms with E-state index >= 15 is 0 Å². The number of para-hydroxylation sites is 1. The number of carbonyl (C=O) groups is 3. The Labute approximate surface area is 175 Å². The van der Waals surface area contributed by atoms with Crippen molar-refractivity contribution in [2.45, 2.75) is 44.4 Å². The number of benzene rings is 1. The molecule has 1 N–H and O–H groups in total. The van der Waals surface area contributed by atoms with Crippen LogP contribution in [0.15, 0.2) is 36.4 Å². The second-order valence-corrected chi connectivity index (χ2v) is 9.18. The standard InChI is InChI=1S/C23H26N2O5/c1-22-10-9-14(12-16(22)20(27)25-11-5-7-17(25)21(28)29-2)23(13-22)24-19(26)15-6-3-4-8-18(15)30-23/h3-8,14,16-17H,9-13H2,1-2H3,(H,24,26)/t14-,16+,17+,22+,23+/m1/s1. The lowest BCUT2D eigenvalue weighted by Crippen LogP contribution is -2.69. The molecular weight excluding hydrogens is 384 g/mol. The van der Waals surface area contributed by atoms with Crippen LogP contribution in [0.4, 0.5) is 0 Å². The fraction of sp³-hybridized carbons (Fsp3) is 0.522. The van der Waals surface area contributed by atoms with Crippen LogP contribution < -0.4 is 10.1 Å². The van der Waals surface area contributed by atoms with Crippen LogP contribution in [0.25, 0.3) is 0 Å². The molecule has 0 saturated heterocycles. The first-order valence-corrected chi connectivity index (χ1v) is 10.5. The lowest BCUT2D eigenvalue weighted by molar-refractivity contribution is -0.176. The molecule has 6 rings (SSSR count). The molecule has 1 aromatic carbocycles. The van der Waals surface area contributed by atoms with Gasteiger partial charge in [-0.15, -0.1) is 0 Å². The highest BCUT2D eigenvalue weighted by atomic mass is 16.5. The third-order valence-corrected chi connectivity index (χ3v) is 7.48. The van der Waals surface area contributed by atoms with E-state index in [1.165, 1.54) is 7.11 Å². The zero-order valence-electron chi connectivity index (χ0n) is 17.2. The molecule has 2 bridgehead atoms. The van der Waals surface area contributed by atoms with Gasteiger partial charge in [0.1, 0.15) is 11.8 Å². The Morgan fingerprint density at radius 3 is 2.87 bits per heavy atom. The van der Waals surface area contributed by atoms with E-state index in [0.717, 1.165) is 12.8 Å². The van der Waals surface area contributed by atoms with E-state index in [1.54, 1.807) is 17.0 Å². The zero-order chi connectivity index (χ0) is 21.1. The fourth-order valence-electron chi connectivity index (χ4n) is 5.91. The molecule has 158 valence electrons. The third-order valence-electron chi connectivity index (χ3n) is 7.48. The van der Waals surface area contributed by atoms with Crippen molar-refractivity contribution in [1.82, 2.24) is 10.2 Å². The summed E-state index contributed by atoms with van der Waals surface area (Å²) in [6.45, 7) is 2.53. The minimum Gasteiger partial charge on any atom is -0.467 e. The van der Waals surface area contributed by atoms with Crippen molar-refractivity contribution < 1.29 is 23.9 Å². The Morgan fingerprint density at radius 1 is 1.30 bits per heavy atom. The molecule has 5 aliphatic rings. The van der Waals surface area contributed by atoms with Gasteiger partial charge in [-0.1, -0.05) is 31.2 Å². The van der Waals surface area contributed by atoms with Crippen molar-refractivity contribution in [3.63, 3.8) is 0 Å². The topological polar surface area (TPSA) is 84.9 Å². The third kappa shape index (κ3) is 2.67. The van der Waals surface area contributed by atoms with Crippen LogP contribution in [0.3, 0.4) is 0 Å². The highest BCUT2D eigenvalue weighted by molar-refractivity contribution is 5.98. The van der Waals surface area contributed by atoms with E-state index < -0.39 is 17.7 Å². The van der Waals surface area contributed by atoms with Gasteiger partial charge in [-0.05, 0) is 36.8 Å². The summed E-state index contributed by atoms with van der Waals surface area (Å²) in [6.07, 6.45) is 6.55. The van der Waals surface area contributed by atoms with Gasteiger partial charge in [0.15, 0.2) is 5.72 Å². The lowest BCUT2D eigenvalue weighted by Gasteiger charge is -2.60. The van der Waals surface area contributed by atoms with E-state index in [2.05, 4.69) is 12.2 Å². The fourth-order valence-corrected chi connectivity index (χ4v) is 5.91. The number of nitrogens with one attached hydrogen (secondary N) is 1. The molecule has 7 nitrogen and oxygen atoms in total. The predicted octanol–water partition coefficient (Wildman–Crippen LogP) is 2.27. The van der Waals surface area contributed by atoms with Gasteiger partial charge in [0, 0.05) is 24.8 Å². The Balaban J connectivity index is 1.41. The van der Waals surface area contributed by atoms with Gasteiger partial charge in [-0.3, -0.25) is 9.59 Å². The molecule has 3 fully saturated rings. The largest absolute Gasteiger partial charge is 0.467 e. The molecule has 0 unspecified atom stereocenters. The zero-order valence-corrected chi connectivity index (χ0v) is 17.2. The SMILES string of the molecule is COC(=O)[C@@H]1C=CCN1C(=O)[C@@H]1C[C@H]2CC[C@@]1(C)C[C@@]21NC(=O)c2ccccc2O1. The number of carbonyl (C=O) groups excluding carboxylic acids is 3. The van der Waals surface area contributed by atoms with Crippen LogP contribution in [0.1, 0.15) is 43.0 Å². The lowest BCUT2D eigenvalue weighted by atomic mass is 9.52. The summed E-state index contributed by atoms with van der Waals surface area (Å²) in [5, 5.41) is 3.14. The number of rotatable bonds is 2. The molecule has 1 spiro atoms. The van der Waals surface area contributed by atoms with E-state index in [4.69, 9.17) is 9.47 Å². The monoisotopic (exact) mass is 410 g/mol. The van der Waals surface area contributed by atoms with Crippen molar-refractivity contribution >= 4 is 17.8 Å². The molecule has 7 heteroatoms. The number of amides is 2. The Bertz CT molecular complexity index is 959. The van der Waals surface area contributed by atoms with Gasteiger partial charge in [-0.2, -0.15) is 0 Å². The number of nitrogens with zero attached hydrogens (tertiary/aromatic N) is 1. The molecule has 1 aromatic rings. The minimum absolute atomic E-state index is 0.0139. The van der Waals surface area contributed by atoms with Crippen LogP contribution in [-0.4, -0.2) is 48.1 Å². The number of esters is 1. The Morgan fingerprint density at radius 2 is 2.10 bits per heavy atom. The molecule has 2 aliphatic heterocycles. The van der Waals surface area contributed by atoms with Gasteiger partial charge in [0.25, 0.3) is 5.91 Å². The normalized spacial score (nSPS) is 36.3. The molecular formula is C23H26N2O5. The predicted molar refractivity (Wildman–Crippen MR) is 107 cm³/mol.